The van der Waals surface area contributed by atoms with E-state index in [4.69, 9.17) is 6.42 Å². The number of aryl methyl sites for hydroxylation is 1. The van der Waals surface area contributed by atoms with E-state index in [9.17, 15) is 9.59 Å². The molecule has 4 rings (SSSR count). The van der Waals surface area contributed by atoms with Gasteiger partial charge in [-0.25, -0.2) is 14.5 Å². The van der Waals surface area contributed by atoms with Gasteiger partial charge < -0.3 is 0 Å². The lowest BCUT2D eigenvalue weighted by Crippen LogP contribution is -2.29. The summed E-state index contributed by atoms with van der Waals surface area (Å²) in [5.41, 5.74) is 4.24. The van der Waals surface area contributed by atoms with Gasteiger partial charge in [0.15, 0.2) is 5.82 Å². The summed E-state index contributed by atoms with van der Waals surface area (Å²) < 4.78 is 2.80. The molecule has 0 amide bonds. The predicted octanol–water partition coefficient (Wildman–Crippen LogP) is 3.16. The number of imidazole rings is 1. The maximum absolute atomic E-state index is 12.9. The first-order valence-corrected chi connectivity index (χ1v) is 10.3. The van der Waals surface area contributed by atoms with Gasteiger partial charge in [-0.2, -0.15) is 0 Å². The molecule has 0 bridgehead atoms. The molecule has 0 saturated heterocycles. The van der Waals surface area contributed by atoms with E-state index in [0.717, 1.165) is 27.9 Å². The van der Waals surface area contributed by atoms with E-state index in [1.54, 1.807) is 17.7 Å². The number of aromatic nitrogens is 6. The van der Waals surface area contributed by atoms with Gasteiger partial charge in [0, 0.05) is 36.7 Å². The van der Waals surface area contributed by atoms with Crippen LogP contribution in [0.4, 0.5) is 0 Å². The molecule has 0 spiro atoms. The molecule has 8 heteroatoms. The second-order valence-corrected chi connectivity index (χ2v) is 7.30. The van der Waals surface area contributed by atoms with E-state index in [1.807, 2.05) is 48.5 Å². The van der Waals surface area contributed by atoms with Crippen molar-refractivity contribution < 1.29 is 4.79 Å². The van der Waals surface area contributed by atoms with E-state index < -0.39 is 0 Å². The van der Waals surface area contributed by atoms with Crippen molar-refractivity contribution >= 4 is 5.91 Å². The monoisotopic (exact) mass is 426 g/mol. The Morgan fingerprint density at radius 1 is 1.12 bits per heavy atom. The summed E-state index contributed by atoms with van der Waals surface area (Å²) in [5, 5.41) is 14.1. The number of aromatic amines is 1. The number of H-pyrrole nitrogens is 1. The van der Waals surface area contributed by atoms with E-state index in [-0.39, 0.29) is 18.0 Å². The second kappa shape index (κ2) is 9.27. The Bertz CT molecular complexity index is 1320. The number of nitrogens with zero attached hydrogens (tertiary/aromatic N) is 5. The fourth-order valence-electron chi connectivity index (χ4n) is 3.63. The fraction of sp³-hybridized carbons (Fsp3) is 0.208. The number of benzene rings is 2. The predicted molar refractivity (Wildman–Crippen MR) is 121 cm³/mol. The molecule has 160 valence electrons. The molecule has 0 aliphatic heterocycles. The summed E-state index contributed by atoms with van der Waals surface area (Å²) >= 11 is 0. The topological polar surface area (TPSA) is 98.5 Å². The molecule has 0 saturated carbocycles. The van der Waals surface area contributed by atoms with Gasteiger partial charge in [0.1, 0.15) is 0 Å². The summed E-state index contributed by atoms with van der Waals surface area (Å²) in [6, 6.07) is 15.8. The Hall–Kier alpha value is -4.25. The third-order valence-corrected chi connectivity index (χ3v) is 5.29. The highest BCUT2D eigenvalue weighted by Gasteiger charge is 2.16. The Labute approximate surface area is 184 Å². The van der Waals surface area contributed by atoms with Crippen molar-refractivity contribution in [3.63, 3.8) is 0 Å². The van der Waals surface area contributed by atoms with Gasteiger partial charge in [0.25, 0.3) is 0 Å². The molecule has 0 unspecified atom stereocenters. The number of hydrogen-bond donors (Lipinski definition) is 1. The molecule has 0 aliphatic rings. The van der Waals surface area contributed by atoms with E-state index in [0.29, 0.717) is 25.2 Å². The number of rotatable bonds is 7. The van der Waals surface area contributed by atoms with E-state index in [2.05, 4.69) is 26.5 Å². The highest BCUT2D eigenvalue weighted by molar-refractivity contribution is 5.80. The van der Waals surface area contributed by atoms with Gasteiger partial charge in [0.05, 0.1) is 6.54 Å². The SMILES string of the molecule is C#CCCc1cn(C(=O)CC)c(=O)n1Cc1ccc(-c2ccccc2-c2nnn[nH]2)cc1. The quantitative estimate of drug-likeness (QED) is 0.458. The Balaban J connectivity index is 1.65. The van der Waals surface area contributed by atoms with Crippen LogP contribution < -0.4 is 5.69 Å². The number of nitrogens with one attached hydrogen (secondary N) is 1. The van der Waals surface area contributed by atoms with Gasteiger partial charge in [0.2, 0.25) is 5.91 Å². The number of hydrogen-bond acceptors (Lipinski definition) is 5. The van der Waals surface area contributed by atoms with Crippen molar-refractivity contribution in [2.45, 2.75) is 32.7 Å². The highest BCUT2D eigenvalue weighted by atomic mass is 16.2. The third-order valence-electron chi connectivity index (χ3n) is 5.29. The molecule has 0 atom stereocenters. The largest absolute Gasteiger partial charge is 0.335 e. The summed E-state index contributed by atoms with van der Waals surface area (Å²) in [6.45, 7) is 2.09. The lowest BCUT2D eigenvalue weighted by molar-refractivity contribution is 0.0904. The summed E-state index contributed by atoms with van der Waals surface area (Å²) in [7, 11) is 0. The zero-order valence-corrected chi connectivity index (χ0v) is 17.7. The minimum absolute atomic E-state index is 0.232. The molecule has 2 heterocycles. The fourth-order valence-corrected chi connectivity index (χ4v) is 3.63. The molecule has 2 aromatic heterocycles. The summed E-state index contributed by atoms with van der Waals surface area (Å²) in [6.07, 6.45) is 8.30. The number of carbonyl (C=O) groups excluding carboxylic acids is 1. The van der Waals surface area contributed by atoms with Gasteiger partial charge >= 0.3 is 5.69 Å². The highest BCUT2D eigenvalue weighted by Crippen LogP contribution is 2.29. The molecule has 8 nitrogen and oxygen atoms in total. The molecule has 0 fully saturated rings. The van der Waals surface area contributed by atoms with Gasteiger partial charge in [-0.1, -0.05) is 55.5 Å². The molecule has 0 radical (unpaired) electrons. The van der Waals surface area contributed by atoms with Crippen LogP contribution in [-0.2, 0) is 13.0 Å². The molecular weight excluding hydrogens is 404 g/mol. The smallest absolute Gasteiger partial charge is 0.292 e. The zero-order chi connectivity index (χ0) is 22.5. The lowest BCUT2D eigenvalue weighted by Gasteiger charge is -2.10. The van der Waals surface area contributed by atoms with E-state index in [1.165, 1.54) is 4.57 Å². The molecular formula is C24H22N6O2. The maximum Gasteiger partial charge on any atom is 0.335 e. The van der Waals surface area contributed by atoms with Crippen LogP contribution in [0.3, 0.4) is 0 Å². The molecule has 1 N–H and O–H groups in total. The van der Waals surface area contributed by atoms with Gasteiger partial charge in [-0.3, -0.25) is 9.36 Å². The minimum Gasteiger partial charge on any atom is -0.292 e. The van der Waals surface area contributed by atoms with Crippen molar-refractivity contribution in [3.05, 3.63) is 76.5 Å². The molecule has 0 aliphatic carbocycles. The Morgan fingerprint density at radius 3 is 2.53 bits per heavy atom. The zero-order valence-electron chi connectivity index (χ0n) is 17.7. The maximum atomic E-state index is 12.9. The van der Waals surface area contributed by atoms with Crippen LogP contribution >= 0.6 is 0 Å². The first-order chi connectivity index (χ1) is 15.6. The first-order valence-electron chi connectivity index (χ1n) is 10.3. The van der Waals surface area contributed by atoms with Crippen LogP contribution in [-0.4, -0.2) is 35.7 Å². The van der Waals surface area contributed by atoms with Gasteiger partial charge in [-0.15, -0.1) is 17.4 Å². The van der Waals surface area contributed by atoms with E-state index >= 15 is 0 Å². The van der Waals surface area contributed by atoms with Crippen LogP contribution in [0.15, 0.2) is 59.5 Å². The number of terminal acetylenes is 1. The number of tetrazole rings is 1. The standard InChI is InChI=1S/C24H22N6O2/c1-3-5-8-19-16-30(22(31)4-2)24(32)29(19)15-17-11-13-18(14-12-17)20-9-6-7-10-21(20)23-25-27-28-26-23/h1,6-7,9-14,16H,4-5,8,15H2,2H3,(H,25,26,27,28). The average Bonchev–Trinajstić information content (AvgIpc) is 3.47. The lowest BCUT2D eigenvalue weighted by atomic mass is 9.98. The molecule has 4 aromatic rings. The normalized spacial score (nSPS) is 10.8. The minimum atomic E-state index is -0.337. The van der Waals surface area contributed by atoms with Crippen molar-refractivity contribution in [3.8, 4) is 34.9 Å². The third kappa shape index (κ3) is 4.14. The van der Waals surface area contributed by atoms with Crippen molar-refractivity contribution in [1.29, 1.82) is 0 Å². The molecule has 2 aromatic carbocycles. The Kier molecular flexibility index (Phi) is 6.08. The summed E-state index contributed by atoms with van der Waals surface area (Å²) in [5.74, 6) is 2.96. The van der Waals surface area contributed by atoms with Crippen LogP contribution in [0, 0.1) is 12.3 Å². The second-order valence-electron chi connectivity index (χ2n) is 7.30. The van der Waals surface area contributed by atoms with Crippen LogP contribution in [0.5, 0.6) is 0 Å². The van der Waals surface area contributed by atoms with Crippen LogP contribution in [0.25, 0.3) is 22.5 Å². The van der Waals surface area contributed by atoms with Gasteiger partial charge in [-0.05, 0) is 27.1 Å². The van der Waals surface area contributed by atoms with Crippen molar-refractivity contribution in [2.24, 2.45) is 0 Å². The first kappa shape index (κ1) is 21.0. The number of carbonyl (C=O) groups is 1. The van der Waals surface area contributed by atoms with Crippen LogP contribution in [0.2, 0.25) is 0 Å². The average molecular weight is 426 g/mol. The molecule has 32 heavy (non-hydrogen) atoms. The summed E-state index contributed by atoms with van der Waals surface area (Å²) in [4.78, 5) is 25.0. The van der Waals surface area contributed by atoms with Crippen molar-refractivity contribution in [2.75, 3.05) is 0 Å². The van der Waals surface area contributed by atoms with Crippen LogP contribution in [0.1, 0.15) is 35.8 Å². The Morgan fingerprint density at radius 2 is 1.88 bits per heavy atom. The van der Waals surface area contributed by atoms with Crippen molar-refractivity contribution in [1.82, 2.24) is 29.8 Å².